The van der Waals surface area contributed by atoms with Crippen LogP contribution >= 0.6 is 35.6 Å². The van der Waals surface area contributed by atoms with Crippen LogP contribution < -0.4 is 10.6 Å². The van der Waals surface area contributed by atoms with Crippen LogP contribution in [0.15, 0.2) is 30.5 Å². The summed E-state index contributed by atoms with van der Waals surface area (Å²) in [6.07, 6.45) is 3.40. The number of amides is 1. The van der Waals surface area contributed by atoms with Gasteiger partial charge in [-0.3, -0.25) is 4.79 Å². The van der Waals surface area contributed by atoms with Gasteiger partial charge in [0.25, 0.3) is 0 Å². The second-order valence-corrected chi connectivity index (χ2v) is 6.47. The Bertz CT molecular complexity index is 698. The first-order valence-electron chi connectivity index (χ1n) is 7.61. The second kappa shape index (κ2) is 8.72. The molecule has 0 bridgehead atoms. The highest BCUT2D eigenvalue weighted by molar-refractivity contribution is 6.35. The molecule has 1 aromatic heterocycles. The topological polar surface area (TPSA) is 59.0 Å². The molecule has 24 heavy (non-hydrogen) atoms. The Morgan fingerprint density at radius 1 is 1.29 bits per heavy atom. The summed E-state index contributed by atoms with van der Waals surface area (Å²) in [5.41, 5.74) is 0.900. The molecule has 1 aliphatic heterocycles. The molecule has 0 radical (unpaired) electrons. The third-order valence-electron chi connectivity index (χ3n) is 4.01. The SMILES string of the molecule is Cl.O=C(Nc1ccnn1Cc1ccc(Cl)cc1Cl)C1CCNCC1. The molecule has 3 rings (SSSR count). The molecular weight excluding hydrogens is 371 g/mol. The fourth-order valence-corrected chi connectivity index (χ4v) is 3.16. The lowest BCUT2D eigenvalue weighted by atomic mass is 9.97. The molecular formula is C16H19Cl3N4O. The second-order valence-electron chi connectivity index (χ2n) is 5.62. The highest BCUT2D eigenvalue weighted by Crippen LogP contribution is 2.23. The van der Waals surface area contributed by atoms with Gasteiger partial charge >= 0.3 is 0 Å². The van der Waals surface area contributed by atoms with Crippen molar-refractivity contribution in [3.63, 3.8) is 0 Å². The van der Waals surface area contributed by atoms with Crippen molar-refractivity contribution >= 4 is 47.3 Å². The summed E-state index contributed by atoms with van der Waals surface area (Å²) in [6.45, 7) is 2.25. The van der Waals surface area contributed by atoms with Crippen molar-refractivity contribution < 1.29 is 4.79 Å². The average Bonchev–Trinajstić information content (AvgIpc) is 2.98. The van der Waals surface area contributed by atoms with Crippen LogP contribution in [0.1, 0.15) is 18.4 Å². The molecule has 0 spiro atoms. The number of anilines is 1. The zero-order valence-corrected chi connectivity index (χ0v) is 15.3. The number of hydrogen-bond donors (Lipinski definition) is 2. The smallest absolute Gasteiger partial charge is 0.228 e. The van der Waals surface area contributed by atoms with Gasteiger partial charge in [0.1, 0.15) is 5.82 Å². The van der Waals surface area contributed by atoms with Gasteiger partial charge in [-0.2, -0.15) is 5.10 Å². The van der Waals surface area contributed by atoms with Gasteiger partial charge in [0.05, 0.1) is 12.7 Å². The van der Waals surface area contributed by atoms with Gasteiger partial charge in [0.15, 0.2) is 0 Å². The predicted octanol–water partition coefficient (Wildman–Crippen LogP) is 3.60. The highest BCUT2D eigenvalue weighted by Gasteiger charge is 2.21. The van der Waals surface area contributed by atoms with Gasteiger partial charge in [-0.05, 0) is 43.6 Å². The lowest BCUT2D eigenvalue weighted by Crippen LogP contribution is -2.35. The van der Waals surface area contributed by atoms with Crippen molar-refractivity contribution in [1.29, 1.82) is 0 Å². The zero-order chi connectivity index (χ0) is 16.2. The van der Waals surface area contributed by atoms with Gasteiger partial charge in [-0.1, -0.05) is 29.3 Å². The van der Waals surface area contributed by atoms with Crippen LogP contribution in [-0.4, -0.2) is 28.8 Å². The quantitative estimate of drug-likeness (QED) is 0.840. The minimum Gasteiger partial charge on any atom is -0.317 e. The number of carbonyl (C=O) groups is 1. The largest absolute Gasteiger partial charge is 0.317 e. The molecule has 0 atom stereocenters. The third-order valence-corrected chi connectivity index (χ3v) is 4.60. The molecule has 1 saturated heterocycles. The fraction of sp³-hybridized carbons (Fsp3) is 0.375. The normalized spacial score (nSPS) is 14.9. The third kappa shape index (κ3) is 4.63. The van der Waals surface area contributed by atoms with E-state index in [0.29, 0.717) is 22.4 Å². The Morgan fingerprint density at radius 3 is 2.75 bits per heavy atom. The number of benzene rings is 1. The maximum Gasteiger partial charge on any atom is 0.228 e. The van der Waals surface area contributed by atoms with Crippen LogP contribution in [0.25, 0.3) is 0 Å². The molecule has 1 fully saturated rings. The maximum absolute atomic E-state index is 12.4. The summed E-state index contributed by atoms with van der Waals surface area (Å²) in [7, 11) is 0. The first-order valence-corrected chi connectivity index (χ1v) is 8.36. The van der Waals surface area contributed by atoms with E-state index in [4.69, 9.17) is 23.2 Å². The Hall–Kier alpha value is -1.27. The molecule has 1 amide bonds. The van der Waals surface area contributed by atoms with E-state index in [9.17, 15) is 4.79 Å². The van der Waals surface area contributed by atoms with Crippen molar-refractivity contribution in [3.8, 4) is 0 Å². The number of halogens is 3. The van der Waals surface area contributed by atoms with Crippen molar-refractivity contribution in [1.82, 2.24) is 15.1 Å². The van der Waals surface area contributed by atoms with Crippen molar-refractivity contribution in [3.05, 3.63) is 46.1 Å². The summed E-state index contributed by atoms with van der Waals surface area (Å²) in [4.78, 5) is 12.4. The standard InChI is InChI=1S/C16H18Cl2N4O.ClH/c17-13-2-1-12(14(18)9-13)10-22-15(5-8-20-22)21-16(23)11-3-6-19-7-4-11;/h1-2,5,8-9,11,19H,3-4,6-7,10H2,(H,21,23);1H. The van der Waals surface area contributed by atoms with Crippen LogP contribution in [0.5, 0.6) is 0 Å². The number of piperidine rings is 1. The summed E-state index contributed by atoms with van der Waals surface area (Å²) in [5.74, 6) is 0.786. The molecule has 0 unspecified atom stereocenters. The lowest BCUT2D eigenvalue weighted by molar-refractivity contribution is -0.120. The van der Waals surface area contributed by atoms with E-state index in [1.54, 1.807) is 29.1 Å². The summed E-state index contributed by atoms with van der Waals surface area (Å²) in [5, 5.41) is 11.7. The monoisotopic (exact) mass is 388 g/mol. The molecule has 1 aliphatic rings. The molecule has 2 heterocycles. The molecule has 1 aromatic carbocycles. The molecule has 130 valence electrons. The maximum atomic E-state index is 12.4. The summed E-state index contributed by atoms with van der Waals surface area (Å²) in [6, 6.07) is 7.16. The van der Waals surface area contributed by atoms with Gasteiger partial charge in [-0.25, -0.2) is 4.68 Å². The van der Waals surface area contributed by atoms with Crippen LogP contribution in [-0.2, 0) is 11.3 Å². The van der Waals surface area contributed by atoms with Crippen molar-refractivity contribution in [2.24, 2.45) is 5.92 Å². The Balaban J connectivity index is 0.00000208. The van der Waals surface area contributed by atoms with Crippen LogP contribution in [0.3, 0.4) is 0 Å². The Labute approximate surface area is 157 Å². The van der Waals surface area contributed by atoms with Crippen molar-refractivity contribution in [2.75, 3.05) is 18.4 Å². The van der Waals surface area contributed by atoms with Crippen LogP contribution in [0, 0.1) is 5.92 Å². The predicted molar refractivity (Wildman–Crippen MR) is 99.3 cm³/mol. The molecule has 0 saturated carbocycles. The number of nitrogens with zero attached hydrogens (tertiary/aromatic N) is 2. The first-order chi connectivity index (χ1) is 11.1. The van der Waals surface area contributed by atoms with Crippen LogP contribution in [0.4, 0.5) is 5.82 Å². The van der Waals surface area contributed by atoms with E-state index in [0.717, 1.165) is 31.5 Å². The number of aromatic nitrogens is 2. The lowest BCUT2D eigenvalue weighted by Gasteiger charge is -2.22. The molecule has 5 nitrogen and oxygen atoms in total. The average molecular weight is 390 g/mol. The Morgan fingerprint density at radius 2 is 2.04 bits per heavy atom. The van der Waals surface area contributed by atoms with E-state index in [1.165, 1.54) is 0 Å². The fourth-order valence-electron chi connectivity index (χ4n) is 2.69. The van der Waals surface area contributed by atoms with Gasteiger partial charge in [-0.15, -0.1) is 12.4 Å². The van der Waals surface area contributed by atoms with Gasteiger partial charge in [0, 0.05) is 22.0 Å². The molecule has 2 aromatic rings. The van der Waals surface area contributed by atoms with E-state index >= 15 is 0 Å². The Kier molecular flexibility index (Phi) is 6.92. The summed E-state index contributed by atoms with van der Waals surface area (Å²) >= 11 is 12.1. The molecule has 2 N–H and O–H groups in total. The van der Waals surface area contributed by atoms with E-state index in [1.807, 2.05) is 6.07 Å². The van der Waals surface area contributed by atoms with Crippen LogP contribution in [0.2, 0.25) is 10.0 Å². The van der Waals surface area contributed by atoms with E-state index < -0.39 is 0 Å². The minimum atomic E-state index is 0. The number of rotatable bonds is 4. The summed E-state index contributed by atoms with van der Waals surface area (Å²) < 4.78 is 1.73. The number of nitrogens with one attached hydrogen (secondary N) is 2. The zero-order valence-electron chi connectivity index (χ0n) is 13.0. The van der Waals surface area contributed by atoms with E-state index in [-0.39, 0.29) is 24.2 Å². The molecule has 8 heteroatoms. The molecule has 0 aliphatic carbocycles. The van der Waals surface area contributed by atoms with E-state index in [2.05, 4.69) is 15.7 Å². The minimum absolute atomic E-state index is 0. The van der Waals surface area contributed by atoms with Gasteiger partial charge in [0.2, 0.25) is 5.91 Å². The number of hydrogen-bond acceptors (Lipinski definition) is 3. The van der Waals surface area contributed by atoms with Crippen molar-refractivity contribution in [2.45, 2.75) is 19.4 Å². The first kappa shape index (κ1) is 19.1. The van der Waals surface area contributed by atoms with Gasteiger partial charge < -0.3 is 10.6 Å². The highest BCUT2D eigenvalue weighted by atomic mass is 35.5. The number of carbonyl (C=O) groups excluding carboxylic acids is 1.